The van der Waals surface area contributed by atoms with Gasteiger partial charge >= 0.3 is 5.69 Å². The number of nitrogens with one attached hydrogen (secondary N) is 1. The Kier molecular flexibility index (Phi) is 4.31. The predicted molar refractivity (Wildman–Crippen MR) is 74.4 cm³/mol. The molecule has 0 unspecified atom stereocenters. The Hall–Kier alpha value is -2.41. The van der Waals surface area contributed by atoms with E-state index in [2.05, 4.69) is 15.3 Å². The second-order valence-electron chi connectivity index (χ2n) is 3.74. The number of nitro groups is 1. The minimum Gasteiger partial charge on any atom is -0.432 e. The molecular weight excluding hydrogens is 284 g/mol. The number of rotatable bonds is 5. The van der Waals surface area contributed by atoms with Gasteiger partial charge in [0.25, 0.3) is 0 Å². The van der Waals surface area contributed by atoms with Crippen LogP contribution >= 0.6 is 11.6 Å². The van der Waals surface area contributed by atoms with Gasteiger partial charge < -0.3 is 10.1 Å². The largest absolute Gasteiger partial charge is 0.432 e. The van der Waals surface area contributed by atoms with Crippen LogP contribution in [-0.4, -0.2) is 21.4 Å². The van der Waals surface area contributed by atoms with E-state index >= 15 is 0 Å². The molecule has 104 valence electrons. The van der Waals surface area contributed by atoms with Crippen molar-refractivity contribution in [2.75, 3.05) is 11.9 Å². The van der Waals surface area contributed by atoms with Gasteiger partial charge in [-0.3, -0.25) is 10.1 Å². The predicted octanol–water partition coefficient (Wildman–Crippen LogP) is 3.26. The molecular formula is C12H11ClN4O3. The molecule has 0 aliphatic heterocycles. The van der Waals surface area contributed by atoms with E-state index in [4.69, 9.17) is 16.3 Å². The van der Waals surface area contributed by atoms with Crippen LogP contribution < -0.4 is 10.1 Å². The van der Waals surface area contributed by atoms with Crippen molar-refractivity contribution in [1.82, 2.24) is 9.97 Å². The van der Waals surface area contributed by atoms with Crippen molar-refractivity contribution in [3.8, 4) is 11.6 Å². The summed E-state index contributed by atoms with van der Waals surface area (Å²) in [6.45, 7) is 2.62. The fourth-order valence-corrected chi connectivity index (χ4v) is 1.67. The highest BCUT2D eigenvalue weighted by atomic mass is 35.5. The molecule has 0 aliphatic carbocycles. The molecule has 1 N–H and O–H groups in total. The lowest BCUT2D eigenvalue weighted by molar-refractivity contribution is -0.385. The van der Waals surface area contributed by atoms with E-state index in [9.17, 15) is 10.1 Å². The van der Waals surface area contributed by atoms with Crippen molar-refractivity contribution in [2.24, 2.45) is 0 Å². The quantitative estimate of drug-likeness (QED) is 0.672. The van der Waals surface area contributed by atoms with Gasteiger partial charge in [0.15, 0.2) is 0 Å². The van der Waals surface area contributed by atoms with E-state index in [1.807, 2.05) is 6.92 Å². The van der Waals surface area contributed by atoms with Crippen LogP contribution in [-0.2, 0) is 0 Å². The van der Waals surface area contributed by atoms with Gasteiger partial charge in [0, 0.05) is 23.7 Å². The van der Waals surface area contributed by atoms with Gasteiger partial charge in [0.2, 0.25) is 11.6 Å². The first-order chi connectivity index (χ1) is 9.60. The highest BCUT2D eigenvalue weighted by Crippen LogP contribution is 2.33. The molecule has 0 saturated carbocycles. The number of hydrogen-bond donors (Lipinski definition) is 1. The van der Waals surface area contributed by atoms with Crippen LogP contribution in [0.3, 0.4) is 0 Å². The first kappa shape index (κ1) is 14.0. The van der Waals surface area contributed by atoms with Crippen LogP contribution in [0, 0.1) is 10.1 Å². The minimum atomic E-state index is -0.562. The summed E-state index contributed by atoms with van der Waals surface area (Å²) in [5.74, 6) is 0.857. The van der Waals surface area contributed by atoms with Gasteiger partial charge in [-0.15, -0.1) is 0 Å². The molecule has 0 fully saturated rings. The molecule has 0 aliphatic rings. The summed E-state index contributed by atoms with van der Waals surface area (Å²) in [5.41, 5.74) is -0.221. The van der Waals surface area contributed by atoms with Gasteiger partial charge in [-0.05, 0) is 19.1 Å². The van der Waals surface area contributed by atoms with Gasteiger partial charge in [0.1, 0.15) is 12.1 Å². The second-order valence-corrected chi connectivity index (χ2v) is 4.18. The SMILES string of the molecule is CCNc1cc(Oc2ccc(Cl)cc2[N+](=O)[O-])ncn1. The van der Waals surface area contributed by atoms with Crippen molar-refractivity contribution in [2.45, 2.75) is 6.92 Å². The Labute approximate surface area is 119 Å². The molecule has 0 radical (unpaired) electrons. The highest BCUT2D eigenvalue weighted by molar-refractivity contribution is 6.30. The van der Waals surface area contributed by atoms with E-state index in [-0.39, 0.29) is 22.3 Å². The van der Waals surface area contributed by atoms with E-state index in [1.54, 1.807) is 6.07 Å². The number of ether oxygens (including phenoxy) is 1. The monoisotopic (exact) mass is 294 g/mol. The average Bonchev–Trinajstić information content (AvgIpc) is 2.41. The minimum absolute atomic E-state index is 0.0700. The smallest absolute Gasteiger partial charge is 0.313 e. The van der Waals surface area contributed by atoms with E-state index in [0.717, 1.165) is 0 Å². The lowest BCUT2D eigenvalue weighted by Gasteiger charge is -2.07. The van der Waals surface area contributed by atoms with Gasteiger partial charge in [-0.25, -0.2) is 9.97 Å². The molecule has 1 aromatic heterocycles. The molecule has 0 spiro atoms. The van der Waals surface area contributed by atoms with Crippen LogP contribution in [0.4, 0.5) is 11.5 Å². The van der Waals surface area contributed by atoms with Crippen molar-refractivity contribution < 1.29 is 9.66 Å². The number of halogens is 1. The zero-order valence-electron chi connectivity index (χ0n) is 10.5. The Bertz CT molecular complexity index is 636. The van der Waals surface area contributed by atoms with Crippen LogP contribution in [0.25, 0.3) is 0 Å². The standard InChI is InChI=1S/C12H11ClN4O3/c1-2-14-11-6-12(16-7-15-11)20-10-4-3-8(13)5-9(10)17(18)19/h3-7H,2H2,1H3,(H,14,15,16). The van der Waals surface area contributed by atoms with Gasteiger partial charge in [-0.1, -0.05) is 11.6 Å². The number of aromatic nitrogens is 2. The third-order valence-corrected chi connectivity index (χ3v) is 2.57. The summed E-state index contributed by atoms with van der Waals surface area (Å²) in [4.78, 5) is 18.3. The summed E-state index contributed by atoms with van der Waals surface area (Å²) in [6, 6.07) is 5.72. The summed E-state index contributed by atoms with van der Waals surface area (Å²) >= 11 is 5.73. The molecule has 0 bridgehead atoms. The number of nitrogens with zero attached hydrogens (tertiary/aromatic N) is 3. The Morgan fingerprint density at radius 1 is 1.40 bits per heavy atom. The highest BCUT2D eigenvalue weighted by Gasteiger charge is 2.17. The number of nitro benzene ring substituents is 1. The fourth-order valence-electron chi connectivity index (χ4n) is 1.51. The van der Waals surface area contributed by atoms with Crippen LogP contribution in [0.1, 0.15) is 6.92 Å². The number of hydrogen-bond acceptors (Lipinski definition) is 6. The van der Waals surface area contributed by atoms with Crippen LogP contribution in [0.2, 0.25) is 5.02 Å². The summed E-state index contributed by atoms with van der Waals surface area (Å²) < 4.78 is 5.42. The molecule has 7 nitrogen and oxygen atoms in total. The molecule has 0 amide bonds. The third kappa shape index (κ3) is 3.33. The average molecular weight is 295 g/mol. The lowest BCUT2D eigenvalue weighted by atomic mass is 10.3. The number of anilines is 1. The molecule has 2 rings (SSSR count). The summed E-state index contributed by atoms with van der Waals surface area (Å²) in [6.07, 6.45) is 1.31. The Balaban J connectivity index is 2.30. The fraction of sp³-hybridized carbons (Fsp3) is 0.167. The Morgan fingerprint density at radius 2 is 2.20 bits per heavy atom. The maximum Gasteiger partial charge on any atom is 0.313 e. The van der Waals surface area contributed by atoms with Crippen LogP contribution in [0.5, 0.6) is 11.6 Å². The molecule has 1 aromatic carbocycles. The normalized spacial score (nSPS) is 10.1. The van der Waals surface area contributed by atoms with E-state index < -0.39 is 4.92 Å². The summed E-state index contributed by atoms with van der Waals surface area (Å²) in [5, 5.41) is 14.2. The van der Waals surface area contributed by atoms with Gasteiger partial charge in [0.05, 0.1) is 4.92 Å². The lowest BCUT2D eigenvalue weighted by Crippen LogP contribution is -2.00. The van der Waals surface area contributed by atoms with E-state index in [1.165, 1.54) is 24.5 Å². The van der Waals surface area contributed by atoms with Crippen molar-refractivity contribution in [1.29, 1.82) is 0 Å². The molecule has 2 aromatic rings. The first-order valence-corrected chi connectivity index (χ1v) is 6.15. The second kappa shape index (κ2) is 6.16. The maximum atomic E-state index is 11.0. The molecule has 20 heavy (non-hydrogen) atoms. The first-order valence-electron chi connectivity index (χ1n) is 5.78. The topological polar surface area (TPSA) is 90.2 Å². The van der Waals surface area contributed by atoms with Gasteiger partial charge in [-0.2, -0.15) is 0 Å². The van der Waals surface area contributed by atoms with Crippen molar-refractivity contribution in [3.63, 3.8) is 0 Å². The zero-order chi connectivity index (χ0) is 14.5. The molecule has 0 atom stereocenters. The maximum absolute atomic E-state index is 11.0. The zero-order valence-corrected chi connectivity index (χ0v) is 11.3. The third-order valence-electron chi connectivity index (χ3n) is 2.33. The van der Waals surface area contributed by atoms with Crippen LogP contribution in [0.15, 0.2) is 30.6 Å². The molecule has 1 heterocycles. The van der Waals surface area contributed by atoms with Crippen molar-refractivity contribution >= 4 is 23.1 Å². The number of benzene rings is 1. The van der Waals surface area contributed by atoms with Crippen molar-refractivity contribution in [3.05, 3.63) is 45.7 Å². The summed E-state index contributed by atoms with van der Waals surface area (Å²) in [7, 11) is 0. The molecule has 8 heteroatoms. The molecule has 0 saturated heterocycles. The van der Waals surface area contributed by atoms with E-state index in [0.29, 0.717) is 12.4 Å². The Morgan fingerprint density at radius 3 is 2.90 bits per heavy atom.